The molecule has 11 heteroatoms. The molecule has 0 aromatic carbocycles. The van der Waals surface area contributed by atoms with Crippen molar-refractivity contribution in [3.05, 3.63) is 16.9 Å². The number of nitrogens with one attached hydrogen (secondary N) is 4. The fourth-order valence-electron chi connectivity index (χ4n) is 4.41. The molecule has 186 valence electrons. The van der Waals surface area contributed by atoms with Crippen LogP contribution in [0.25, 0.3) is 11.0 Å². The summed E-state index contributed by atoms with van der Waals surface area (Å²) in [6.07, 6.45) is 8.64. The molecule has 10 nitrogen and oxygen atoms in total. The minimum atomic E-state index is -0.551. The lowest BCUT2D eigenvalue weighted by molar-refractivity contribution is 0.0485. The molecule has 1 saturated heterocycles. The van der Waals surface area contributed by atoms with Gasteiger partial charge in [0.1, 0.15) is 11.2 Å². The van der Waals surface area contributed by atoms with Gasteiger partial charge in [0.25, 0.3) is 0 Å². The van der Waals surface area contributed by atoms with Gasteiger partial charge in [0.15, 0.2) is 5.96 Å². The Morgan fingerprint density at radius 2 is 2.18 bits per heavy atom. The number of hydrogen-bond donors (Lipinski definition) is 5. The highest BCUT2D eigenvalue weighted by atomic mass is 79.9. The van der Waals surface area contributed by atoms with Gasteiger partial charge in [0.2, 0.25) is 0 Å². The second kappa shape index (κ2) is 9.99. The number of nitrogens with two attached hydrogens (primary N) is 1. The fourth-order valence-corrected chi connectivity index (χ4v) is 4.96. The van der Waals surface area contributed by atoms with Crippen LogP contribution in [0.2, 0.25) is 0 Å². The van der Waals surface area contributed by atoms with Crippen LogP contribution in [0.4, 0.5) is 16.2 Å². The molecule has 2 aromatic heterocycles. The van der Waals surface area contributed by atoms with Crippen molar-refractivity contribution in [2.75, 3.05) is 29.4 Å². The molecule has 34 heavy (non-hydrogen) atoms. The van der Waals surface area contributed by atoms with Gasteiger partial charge >= 0.3 is 6.09 Å². The lowest BCUT2D eigenvalue weighted by atomic mass is 10.0. The predicted molar refractivity (Wildman–Crippen MR) is 138 cm³/mol. The number of carbonyl (C=O) groups excluding carboxylic acids is 1. The number of H-pyrrole nitrogens is 1. The fraction of sp³-hybridized carbons (Fsp3) is 0.609. The number of aromatic nitrogens is 2. The zero-order valence-electron chi connectivity index (χ0n) is 20.1. The first-order valence-electron chi connectivity index (χ1n) is 11.9. The Morgan fingerprint density at radius 1 is 1.41 bits per heavy atom. The van der Waals surface area contributed by atoms with E-state index in [0.29, 0.717) is 13.1 Å². The predicted octanol–water partition coefficient (Wildman–Crippen LogP) is 3.82. The van der Waals surface area contributed by atoms with Gasteiger partial charge in [-0.15, -0.1) is 0 Å². The second-order valence-electron chi connectivity index (χ2n) is 10.2. The number of carbonyl (C=O) groups is 1. The molecular formula is C23H35BrN8O2. The van der Waals surface area contributed by atoms with Gasteiger partial charge in [-0.25, -0.2) is 15.2 Å². The number of guanidine groups is 1. The summed E-state index contributed by atoms with van der Waals surface area (Å²) in [6, 6.07) is 0.0533. The summed E-state index contributed by atoms with van der Waals surface area (Å²) in [7, 11) is 0. The zero-order valence-corrected chi connectivity index (χ0v) is 21.7. The summed E-state index contributed by atoms with van der Waals surface area (Å²) < 4.78 is 6.21. The number of ether oxygens (including phenoxy) is 1. The van der Waals surface area contributed by atoms with E-state index >= 15 is 0 Å². The number of rotatable bonds is 7. The van der Waals surface area contributed by atoms with E-state index in [1.165, 1.54) is 12.8 Å². The van der Waals surface area contributed by atoms with Crippen molar-refractivity contribution in [3.63, 3.8) is 0 Å². The van der Waals surface area contributed by atoms with E-state index in [4.69, 9.17) is 15.9 Å². The molecule has 4 rings (SSSR count). The number of pyridine rings is 1. The van der Waals surface area contributed by atoms with Gasteiger partial charge < -0.3 is 25.3 Å². The maximum absolute atomic E-state index is 12.1. The molecule has 1 saturated carbocycles. The van der Waals surface area contributed by atoms with E-state index in [2.05, 4.69) is 41.6 Å². The van der Waals surface area contributed by atoms with E-state index in [1.54, 1.807) is 6.20 Å². The van der Waals surface area contributed by atoms with Crippen LogP contribution in [-0.4, -0.2) is 53.3 Å². The Hall–Kier alpha value is -2.53. The van der Waals surface area contributed by atoms with Crippen molar-refractivity contribution in [1.29, 1.82) is 5.41 Å². The number of fused-ring (bicyclic) bond motifs is 1. The molecule has 1 aliphatic heterocycles. The van der Waals surface area contributed by atoms with E-state index in [1.807, 2.05) is 31.9 Å². The summed E-state index contributed by atoms with van der Waals surface area (Å²) in [6.45, 7) is 7.79. The molecule has 1 amide bonds. The van der Waals surface area contributed by atoms with Gasteiger partial charge in [-0.05, 0) is 61.9 Å². The summed E-state index contributed by atoms with van der Waals surface area (Å²) in [5.74, 6) is 0.773. The Morgan fingerprint density at radius 3 is 2.85 bits per heavy atom. The minimum Gasteiger partial charge on any atom is -0.443 e. The molecule has 0 radical (unpaired) electrons. The number of amides is 1. The van der Waals surface area contributed by atoms with E-state index < -0.39 is 11.7 Å². The first-order chi connectivity index (χ1) is 16.1. The van der Waals surface area contributed by atoms with Crippen LogP contribution in [0.5, 0.6) is 0 Å². The maximum atomic E-state index is 12.1. The first-order valence-corrected chi connectivity index (χ1v) is 12.7. The van der Waals surface area contributed by atoms with Crippen molar-refractivity contribution in [3.8, 4) is 0 Å². The summed E-state index contributed by atoms with van der Waals surface area (Å²) in [4.78, 5) is 24.1. The first kappa shape index (κ1) is 24.6. The Kier molecular flexibility index (Phi) is 7.22. The monoisotopic (exact) mass is 534 g/mol. The van der Waals surface area contributed by atoms with Gasteiger partial charge in [-0.1, -0.05) is 12.8 Å². The number of hydrazine groups is 1. The van der Waals surface area contributed by atoms with Crippen molar-refractivity contribution in [2.45, 2.75) is 64.5 Å². The Balaban J connectivity index is 1.55. The third-order valence-corrected chi connectivity index (χ3v) is 6.74. The van der Waals surface area contributed by atoms with Crippen LogP contribution < -0.4 is 26.4 Å². The molecule has 2 aromatic rings. The second-order valence-corrected chi connectivity index (χ2v) is 11.0. The summed E-state index contributed by atoms with van der Waals surface area (Å²) in [5, 5.41) is 9.15. The quantitative estimate of drug-likeness (QED) is 0.207. The summed E-state index contributed by atoms with van der Waals surface area (Å²) in [5.41, 5.74) is 13.9. The van der Waals surface area contributed by atoms with E-state index in [-0.39, 0.29) is 12.0 Å². The number of aromatic amines is 1. The van der Waals surface area contributed by atoms with E-state index in [9.17, 15) is 4.79 Å². The number of halogens is 1. The summed E-state index contributed by atoms with van der Waals surface area (Å²) >= 11 is 3.71. The minimum absolute atomic E-state index is 0.0345. The lowest BCUT2D eigenvalue weighted by Crippen LogP contribution is -2.53. The number of piperidine rings is 1. The highest BCUT2D eigenvalue weighted by molar-refractivity contribution is 9.10. The highest BCUT2D eigenvalue weighted by Crippen LogP contribution is 2.41. The standard InChI is InChI=1S/C23H35BrN8O2/c1-23(2,3)34-22(33)30-29-15-5-4-9-31(13-15)19-16(24)11-27-20-18(19)17(12-28-20)32(21(25)26)10-8-14-6-7-14/h11-12,14-15,29H,4-10,13H2,1-3H3,(H3,25,26)(H,27,28)(H,30,33)/t15-/m1/s1. The molecular weight excluding hydrogens is 500 g/mol. The third-order valence-electron chi connectivity index (χ3n) is 6.16. The topological polar surface area (TPSA) is 135 Å². The normalized spacial score (nSPS) is 18.7. The largest absolute Gasteiger partial charge is 0.443 e. The molecule has 0 spiro atoms. The van der Waals surface area contributed by atoms with Crippen molar-refractivity contribution >= 4 is 50.4 Å². The lowest BCUT2D eigenvalue weighted by Gasteiger charge is -2.36. The molecule has 1 aliphatic carbocycles. The van der Waals surface area contributed by atoms with Crippen LogP contribution in [0.1, 0.15) is 52.9 Å². The number of nitrogens with zero attached hydrogens (tertiary/aromatic N) is 3. The Bertz CT molecular complexity index is 1050. The Labute approximate surface area is 208 Å². The van der Waals surface area contributed by atoms with Crippen LogP contribution >= 0.6 is 15.9 Å². The average molecular weight is 535 g/mol. The SMILES string of the molecule is CC(C)(C)OC(=O)NN[C@@H]1CCCN(c2c(Br)cnc3[nH]cc(N(CCC4CC4)C(=N)N)c23)C1. The molecule has 1 atom stereocenters. The molecule has 2 aliphatic rings. The zero-order chi connectivity index (χ0) is 24.5. The molecule has 2 fully saturated rings. The molecule has 3 heterocycles. The van der Waals surface area contributed by atoms with Crippen LogP contribution in [0, 0.1) is 11.3 Å². The smallest absolute Gasteiger partial charge is 0.422 e. The van der Waals surface area contributed by atoms with Crippen molar-refractivity contribution in [2.24, 2.45) is 11.7 Å². The van der Waals surface area contributed by atoms with Crippen LogP contribution in [0.3, 0.4) is 0 Å². The van der Waals surface area contributed by atoms with Gasteiger partial charge in [0, 0.05) is 38.1 Å². The number of hydrogen-bond acceptors (Lipinski definition) is 6. The van der Waals surface area contributed by atoms with Crippen LogP contribution in [0.15, 0.2) is 16.9 Å². The number of anilines is 2. The van der Waals surface area contributed by atoms with Gasteiger partial charge in [-0.2, -0.15) is 0 Å². The molecule has 0 unspecified atom stereocenters. The average Bonchev–Trinajstić information content (AvgIpc) is 3.50. The third kappa shape index (κ3) is 5.93. The highest BCUT2D eigenvalue weighted by Gasteiger charge is 2.28. The van der Waals surface area contributed by atoms with Crippen LogP contribution in [-0.2, 0) is 4.74 Å². The molecule has 0 bridgehead atoms. The van der Waals surface area contributed by atoms with Crippen molar-refractivity contribution < 1.29 is 9.53 Å². The van der Waals surface area contributed by atoms with Gasteiger partial charge in [-0.3, -0.25) is 10.8 Å². The van der Waals surface area contributed by atoms with Gasteiger partial charge in [0.05, 0.1) is 21.2 Å². The van der Waals surface area contributed by atoms with Crippen molar-refractivity contribution in [1.82, 2.24) is 20.8 Å². The van der Waals surface area contributed by atoms with E-state index in [0.717, 1.165) is 58.6 Å². The molecule has 6 N–H and O–H groups in total. The maximum Gasteiger partial charge on any atom is 0.422 e.